The Kier molecular flexibility index (Phi) is 6.72. The molecule has 0 aromatic heterocycles. The van der Waals surface area contributed by atoms with Gasteiger partial charge in [0, 0.05) is 11.8 Å². The lowest BCUT2D eigenvalue weighted by molar-refractivity contribution is -0.137. The predicted octanol–water partition coefficient (Wildman–Crippen LogP) is 4.50. The molecule has 0 spiro atoms. The van der Waals surface area contributed by atoms with E-state index in [1.807, 2.05) is 0 Å². The summed E-state index contributed by atoms with van der Waals surface area (Å²) in [6.07, 6.45) is -1.99. The van der Waals surface area contributed by atoms with Gasteiger partial charge in [0.1, 0.15) is 0 Å². The zero-order chi connectivity index (χ0) is 14.3. The highest BCUT2D eigenvalue weighted by Gasteiger charge is 2.30. The van der Waals surface area contributed by atoms with Gasteiger partial charge in [-0.05, 0) is 36.9 Å². The predicted molar refractivity (Wildman–Crippen MR) is 75.5 cm³/mol. The number of thioether (sulfide) groups is 1. The molecular formula is C14H20F3NS. The zero-order valence-corrected chi connectivity index (χ0v) is 12.1. The van der Waals surface area contributed by atoms with Crippen LogP contribution in [0.25, 0.3) is 0 Å². The lowest BCUT2D eigenvalue weighted by Gasteiger charge is -2.18. The summed E-state index contributed by atoms with van der Waals surface area (Å²) >= 11 is 1.77. The molecule has 0 heterocycles. The van der Waals surface area contributed by atoms with Crippen molar-refractivity contribution in [3.63, 3.8) is 0 Å². The maximum atomic E-state index is 12.7. The second kappa shape index (κ2) is 7.80. The quantitative estimate of drug-likeness (QED) is 0.742. The van der Waals surface area contributed by atoms with E-state index in [0.717, 1.165) is 30.4 Å². The molecule has 1 unspecified atom stereocenters. The minimum atomic E-state index is -4.27. The molecule has 1 N–H and O–H groups in total. The van der Waals surface area contributed by atoms with Crippen molar-refractivity contribution in [2.24, 2.45) is 0 Å². The summed E-state index contributed by atoms with van der Waals surface area (Å²) in [7, 11) is 1.78. The van der Waals surface area contributed by atoms with Crippen LogP contribution in [-0.2, 0) is 6.18 Å². The van der Waals surface area contributed by atoms with Crippen molar-refractivity contribution in [2.45, 2.75) is 32.0 Å². The fourth-order valence-corrected chi connectivity index (χ4v) is 2.98. The third-order valence-electron chi connectivity index (χ3n) is 2.89. The van der Waals surface area contributed by atoms with E-state index in [1.54, 1.807) is 24.9 Å². The fourth-order valence-electron chi connectivity index (χ4n) is 1.73. The van der Waals surface area contributed by atoms with Gasteiger partial charge < -0.3 is 5.32 Å². The molecule has 0 amide bonds. The molecule has 1 aromatic rings. The van der Waals surface area contributed by atoms with Gasteiger partial charge >= 0.3 is 6.18 Å². The van der Waals surface area contributed by atoms with E-state index >= 15 is 0 Å². The molecule has 0 saturated heterocycles. The third-order valence-corrected chi connectivity index (χ3v) is 4.04. The van der Waals surface area contributed by atoms with Gasteiger partial charge in [0.05, 0.1) is 5.56 Å². The number of unbranched alkanes of at least 4 members (excludes halogenated alkanes) is 1. The number of hydrogen-bond acceptors (Lipinski definition) is 2. The van der Waals surface area contributed by atoms with Crippen molar-refractivity contribution in [2.75, 3.05) is 18.6 Å². The molecule has 1 rings (SSSR count). The second-order valence-corrected chi connectivity index (χ2v) is 5.54. The van der Waals surface area contributed by atoms with Crippen molar-refractivity contribution in [3.8, 4) is 0 Å². The molecule has 1 nitrogen and oxygen atoms in total. The molecule has 0 bridgehead atoms. The van der Waals surface area contributed by atoms with Crippen molar-refractivity contribution in [3.05, 3.63) is 35.4 Å². The van der Waals surface area contributed by atoms with Crippen LogP contribution in [-0.4, -0.2) is 18.6 Å². The van der Waals surface area contributed by atoms with Crippen LogP contribution in [0.3, 0.4) is 0 Å². The molecule has 19 heavy (non-hydrogen) atoms. The van der Waals surface area contributed by atoms with Crippen LogP contribution in [0, 0.1) is 0 Å². The van der Waals surface area contributed by atoms with Gasteiger partial charge in [0.15, 0.2) is 0 Å². The molecule has 1 atom stereocenters. The Labute approximate surface area is 117 Å². The normalized spacial score (nSPS) is 13.5. The number of benzene rings is 1. The van der Waals surface area contributed by atoms with Crippen LogP contribution < -0.4 is 5.32 Å². The number of alkyl halides is 3. The maximum Gasteiger partial charge on any atom is 0.416 e. The fraction of sp³-hybridized carbons (Fsp3) is 0.571. The van der Waals surface area contributed by atoms with Crippen LogP contribution in [0.2, 0.25) is 0 Å². The Balaban J connectivity index is 2.70. The summed E-state index contributed by atoms with van der Waals surface area (Å²) in [6, 6.07) is 5.53. The van der Waals surface area contributed by atoms with Crippen LogP contribution in [0.4, 0.5) is 13.2 Å². The highest BCUT2D eigenvalue weighted by molar-refractivity contribution is 7.99. The molecule has 0 fully saturated rings. The number of hydrogen-bond donors (Lipinski definition) is 1. The number of nitrogens with one attached hydrogen (secondary N) is 1. The molecular weight excluding hydrogens is 271 g/mol. The van der Waals surface area contributed by atoms with E-state index in [4.69, 9.17) is 0 Å². The minimum Gasteiger partial charge on any atom is -0.312 e. The summed E-state index contributed by atoms with van der Waals surface area (Å²) < 4.78 is 38.0. The lowest BCUT2D eigenvalue weighted by Crippen LogP contribution is -2.19. The van der Waals surface area contributed by atoms with Gasteiger partial charge in [-0.2, -0.15) is 24.9 Å². The van der Waals surface area contributed by atoms with Crippen molar-refractivity contribution in [1.82, 2.24) is 5.32 Å². The molecule has 108 valence electrons. The first-order valence-electron chi connectivity index (χ1n) is 6.41. The Hall–Kier alpha value is -0.680. The van der Waals surface area contributed by atoms with Gasteiger partial charge in [-0.15, -0.1) is 0 Å². The molecule has 5 heteroatoms. The SMILES string of the molecule is CCCCSCC(NC)c1cccc(C(F)(F)F)c1. The molecule has 1 aromatic carbocycles. The Morgan fingerprint density at radius 2 is 2.05 bits per heavy atom. The van der Waals surface area contributed by atoms with Crippen molar-refractivity contribution < 1.29 is 13.2 Å². The van der Waals surface area contributed by atoms with Gasteiger partial charge in [-0.3, -0.25) is 0 Å². The van der Waals surface area contributed by atoms with E-state index < -0.39 is 11.7 Å². The largest absolute Gasteiger partial charge is 0.416 e. The number of rotatable bonds is 7. The smallest absolute Gasteiger partial charge is 0.312 e. The summed E-state index contributed by atoms with van der Waals surface area (Å²) in [5.74, 6) is 1.84. The van der Waals surface area contributed by atoms with E-state index in [9.17, 15) is 13.2 Å². The van der Waals surface area contributed by atoms with Gasteiger partial charge in [-0.25, -0.2) is 0 Å². The third kappa shape index (κ3) is 5.45. The molecule has 0 saturated carbocycles. The maximum absolute atomic E-state index is 12.7. The van der Waals surface area contributed by atoms with Crippen LogP contribution in [0.1, 0.15) is 36.9 Å². The monoisotopic (exact) mass is 291 g/mol. The topological polar surface area (TPSA) is 12.0 Å². The summed E-state index contributed by atoms with van der Waals surface area (Å²) in [5, 5.41) is 3.09. The highest BCUT2D eigenvalue weighted by atomic mass is 32.2. The van der Waals surface area contributed by atoms with Crippen molar-refractivity contribution in [1.29, 1.82) is 0 Å². The molecule has 0 aliphatic rings. The molecule has 0 aliphatic carbocycles. The van der Waals surface area contributed by atoms with Crippen LogP contribution in [0.5, 0.6) is 0 Å². The first kappa shape index (κ1) is 16.4. The first-order chi connectivity index (χ1) is 8.99. The standard InChI is InChI=1S/C14H20F3NS/c1-3-4-8-19-10-13(18-2)11-6-5-7-12(9-11)14(15,16)17/h5-7,9,13,18H,3-4,8,10H2,1-2H3. The van der Waals surface area contributed by atoms with Crippen LogP contribution in [0.15, 0.2) is 24.3 Å². The average molecular weight is 291 g/mol. The highest BCUT2D eigenvalue weighted by Crippen LogP contribution is 2.31. The summed E-state index contributed by atoms with van der Waals surface area (Å²) in [4.78, 5) is 0. The van der Waals surface area contributed by atoms with Crippen LogP contribution >= 0.6 is 11.8 Å². The van der Waals surface area contributed by atoms with E-state index in [0.29, 0.717) is 5.56 Å². The van der Waals surface area contributed by atoms with Gasteiger partial charge in [0.2, 0.25) is 0 Å². The van der Waals surface area contributed by atoms with E-state index in [2.05, 4.69) is 12.2 Å². The zero-order valence-electron chi connectivity index (χ0n) is 11.3. The second-order valence-electron chi connectivity index (χ2n) is 4.39. The van der Waals surface area contributed by atoms with Gasteiger partial charge in [-0.1, -0.05) is 25.5 Å². The number of halogens is 3. The van der Waals surface area contributed by atoms with E-state index in [1.165, 1.54) is 12.1 Å². The average Bonchev–Trinajstić information content (AvgIpc) is 2.38. The molecule has 0 aliphatic heterocycles. The van der Waals surface area contributed by atoms with Gasteiger partial charge in [0.25, 0.3) is 0 Å². The summed E-state index contributed by atoms with van der Waals surface area (Å²) in [6.45, 7) is 2.13. The van der Waals surface area contributed by atoms with Crippen molar-refractivity contribution >= 4 is 11.8 Å². The Bertz CT molecular complexity index is 379. The minimum absolute atomic E-state index is 0.0378. The van der Waals surface area contributed by atoms with E-state index in [-0.39, 0.29) is 6.04 Å². The lowest BCUT2D eigenvalue weighted by atomic mass is 10.1. The Morgan fingerprint density at radius 1 is 1.32 bits per heavy atom. The molecule has 0 radical (unpaired) electrons. The summed E-state index contributed by atoms with van der Waals surface area (Å²) in [5.41, 5.74) is 0.116. The Morgan fingerprint density at radius 3 is 2.63 bits per heavy atom. The first-order valence-corrected chi connectivity index (χ1v) is 7.56.